The van der Waals surface area contributed by atoms with Crippen LogP contribution in [0.3, 0.4) is 0 Å². The van der Waals surface area contributed by atoms with Gasteiger partial charge in [0.1, 0.15) is 6.54 Å². The van der Waals surface area contributed by atoms with Crippen molar-refractivity contribution < 1.29 is 18.3 Å². The van der Waals surface area contributed by atoms with Crippen molar-refractivity contribution >= 4 is 11.6 Å². The van der Waals surface area contributed by atoms with Crippen LogP contribution in [-0.2, 0) is 16.1 Å². The van der Waals surface area contributed by atoms with Gasteiger partial charge >= 0.3 is 0 Å². The molecular weight excluding hydrogens is 270 g/mol. The van der Waals surface area contributed by atoms with Gasteiger partial charge in [-0.1, -0.05) is 0 Å². The lowest BCUT2D eigenvalue weighted by Crippen LogP contribution is -2.46. The molecule has 6 nitrogen and oxygen atoms in total. The fourth-order valence-electron chi connectivity index (χ4n) is 2.22. The minimum absolute atomic E-state index is 0.208. The molecule has 0 radical (unpaired) electrons. The van der Waals surface area contributed by atoms with Crippen molar-refractivity contribution in [2.24, 2.45) is 11.1 Å². The molecule has 0 aromatic carbocycles. The number of halogens is 2. The molecule has 2 rings (SSSR count). The van der Waals surface area contributed by atoms with Crippen molar-refractivity contribution in [1.29, 1.82) is 0 Å². The first-order valence-corrected chi connectivity index (χ1v) is 6.46. The van der Waals surface area contributed by atoms with Crippen LogP contribution in [-0.4, -0.2) is 41.9 Å². The zero-order chi connectivity index (χ0) is 14.6. The highest BCUT2D eigenvalue weighted by molar-refractivity contribution is 5.95. The predicted molar refractivity (Wildman–Crippen MR) is 68.4 cm³/mol. The van der Waals surface area contributed by atoms with Crippen LogP contribution in [0, 0.1) is 5.41 Å². The summed E-state index contributed by atoms with van der Waals surface area (Å²) in [5.74, 6) is -0.208. The maximum absolute atomic E-state index is 12.3. The zero-order valence-corrected chi connectivity index (χ0v) is 11.0. The Hall–Kier alpha value is -1.54. The first kappa shape index (κ1) is 14.9. The summed E-state index contributed by atoms with van der Waals surface area (Å²) in [5.41, 5.74) is 5.48. The van der Waals surface area contributed by atoms with Crippen molar-refractivity contribution in [3.63, 3.8) is 0 Å². The number of nitrogens with two attached hydrogens (primary N) is 1. The number of rotatable bonds is 5. The number of aromatic nitrogens is 2. The number of carbonyl (C=O) groups excluding carboxylic acids is 1. The molecular formula is C12H18F2N4O2. The van der Waals surface area contributed by atoms with Gasteiger partial charge < -0.3 is 15.8 Å². The van der Waals surface area contributed by atoms with Crippen molar-refractivity contribution in [3.8, 4) is 0 Å². The standard InChI is InChI=1S/C12H18F2N4O2/c13-10(14)7-18-6-9(5-16-18)17-11(19)12(8-15)1-3-20-4-2-12/h5-6,10H,1-4,7-8,15H2,(H,17,19). The van der Waals surface area contributed by atoms with Gasteiger partial charge in [0.05, 0.1) is 17.3 Å². The summed E-state index contributed by atoms with van der Waals surface area (Å²) in [4.78, 5) is 12.3. The summed E-state index contributed by atoms with van der Waals surface area (Å²) in [6, 6.07) is 0. The normalized spacial score (nSPS) is 18.2. The van der Waals surface area contributed by atoms with Gasteiger partial charge in [-0.2, -0.15) is 5.10 Å². The largest absolute Gasteiger partial charge is 0.381 e. The molecule has 0 saturated carbocycles. The van der Waals surface area contributed by atoms with Crippen LogP contribution in [0.25, 0.3) is 0 Å². The highest BCUT2D eigenvalue weighted by Crippen LogP contribution is 2.30. The number of hydrogen-bond donors (Lipinski definition) is 2. The average Bonchev–Trinajstić information content (AvgIpc) is 2.85. The second-order valence-electron chi connectivity index (χ2n) is 4.89. The van der Waals surface area contributed by atoms with Crippen LogP contribution in [0.15, 0.2) is 12.4 Å². The molecule has 0 spiro atoms. The first-order chi connectivity index (χ1) is 9.55. The lowest BCUT2D eigenvalue weighted by atomic mass is 9.79. The van der Waals surface area contributed by atoms with E-state index in [4.69, 9.17) is 10.5 Å². The van der Waals surface area contributed by atoms with Gasteiger partial charge in [0.2, 0.25) is 5.91 Å². The van der Waals surface area contributed by atoms with Crippen LogP contribution in [0.4, 0.5) is 14.5 Å². The quantitative estimate of drug-likeness (QED) is 0.841. The Morgan fingerprint density at radius 1 is 1.55 bits per heavy atom. The van der Waals surface area contributed by atoms with Crippen LogP contribution in [0.5, 0.6) is 0 Å². The maximum atomic E-state index is 12.3. The van der Waals surface area contributed by atoms with Crippen molar-refractivity contribution in [2.45, 2.75) is 25.8 Å². The first-order valence-electron chi connectivity index (χ1n) is 6.46. The second kappa shape index (κ2) is 6.27. The van der Waals surface area contributed by atoms with Crippen LogP contribution < -0.4 is 11.1 Å². The summed E-state index contributed by atoms with van der Waals surface area (Å²) < 4.78 is 30.8. The third-order valence-corrected chi connectivity index (χ3v) is 3.54. The molecule has 1 fully saturated rings. The van der Waals surface area contributed by atoms with E-state index in [1.165, 1.54) is 12.4 Å². The van der Waals surface area contributed by atoms with E-state index in [0.29, 0.717) is 31.7 Å². The van der Waals surface area contributed by atoms with E-state index < -0.39 is 18.4 Å². The fraction of sp³-hybridized carbons (Fsp3) is 0.667. The number of anilines is 1. The molecule has 1 aromatic heterocycles. The Kier molecular flexibility index (Phi) is 4.66. The van der Waals surface area contributed by atoms with Gasteiger partial charge in [-0.3, -0.25) is 9.48 Å². The third-order valence-electron chi connectivity index (χ3n) is 3.54. The highest BCUT2D eigenvalue weighted by atomic mass is 19.3. The number of hydrogen-bond acceptors (Lipinski definition) is 4. The molecule has 1 aromatic rings. The number of ether oxygens (including phenoxy) is 1. The molecule has 8 heteroatoms. The summed E-state index contributed by atoms with van der Waals surface area (Å²) >= 11 is 0. The SMILES string of the molecule is NCC1(C(=O)Nc2cnn(CC(F)F)c2)CCOCC1. The van der Waals surface area contributed by atoms with E-state index in [2.05, 4.69) is 10.4 Å². The van der Waals surface area contributed by atoms with Crippen LogP contribution in [0.1, 0.15) is 12.8 Å². The maximum Gasteiger partial charge on any atom is 0.257 e. The van der Waals surface area contributed by atoms with Gasteiger partial charge in [-0.15, -0.1) is 0 Å². The van der Waals surface area contributed by atoms with Gasteiger partial charge in [-0.05, 0) is 12.8 Å². The van der Waals surface area contributed by atoms with E-state index in [9.17, 15) is 13.6 Å². The van der Waals surface area contributed by atoms with Crippen molar-refractivity contribution in [3.05, 3.63) is 12.4 Å². The Morgan fingerprint density at radius 3 is 2.85 bits per heavy atom. The van der Waals surface area contributed by atoms with Gasteiger partial charge in [0, 0.05) is 26.0 Å². The minimum Gasteiger partial charge on any atom is -0.381 e. The Labute approximate surface area is 115 Å². The fourth-order valence-corrected chi connectivity index (χ4v) is 2.22. The molecule has 0 unspecified atom stereocenters. The number of carbonyl (C=O) groups is 1. The zero-order valence-electron chi connectivity index (χ0n) is 11.0. The summed E-state index contributed by atoms with van der Waals surface area (Å²) in [5, 5.41) is 6.46. The van der Waals surface area contributed by atoms with E-state index in [-0.39, 0.29) is 12.5 Å². The van der Waals surface area contributed by atoms with E-state index in [1.54, 1.807) is 0 Å². The predicted octanol–water partition coefficient (Wildman–Crippen LogP) is 0.842. The molecule has 1 aliphatic heterocycles. The van der Waals surface area contributed by atoms with Crippen LogP contribution >= 0.6 is 0 Å². The van der Waals surface area contributed by atoms with Crippen molar-refractivity contribution in [1.82, 2.24) is 9.78 Å². The van der Waals surface area contributed by atoms with E-state index in [0.717, 1.165) is 4.68 Å². The van der Waals surface area contributed by atoms with Gasteiger partial charge in [0.15, 0.2) is 0 Å². The molecule has 1 amide bonds. The third kappa shape index (κ3) is 3.31. The molecule has 1 aliphatic rings. The van der Waals surface area contributed by atoms with Gasteiger partial charge in [-0.25, -0.2) is 8.78 Å². The smallest absolute Gasteiger partial charge is 0.257 e. The monoisotopic (exact) mass is 288 g/mol. The summed E-state index contributed by atoms with van der Waals surface area (Å²) in [6.07, 6.45) is 1.36. The second-order valence-corrected chi connectivity index (χ2v) is 4.89. The topological polar surface area (TPSA) is 82.2 Å². The number of nitrogens with one attached hydrogen (secondary N) is 1. The van der Waals surface area contributed by atoms with Crippen molar-refractivity contribution in [2.75, 3.05) is 25.1 Å². The Morgan fingerprint density at radius 2 is 2.25 bits per heavy atom. The van der Waals surface area contributed by atoms with E-state index in [1.807, 2.05) is 0 Å². The molecule has 0 bridgehead atoms. The number of alkyl halides is 2. The van der Waals surface area contributed by atoms with Gasteiger partial charge in [0.25, 0.3) is 6.43 Å². The molecule has 2 heterocycles. The molecule has 112 valence electrons. The molecule has 0 atom stereocenters. The molecule has 0 aliphatic carbocycles. The highest BCUT2D eigenvalue weighted by Gasteiger charge is 2.38. The minimum atomic E-state index is -2.48. The molecule has 20 heavy (non-hydrogen) atoms. The molecule has 1 saturated heterocycles. The Bertz CT molecular complexity index is 458. The average molecular weight is 288 g/mol. The lowest BCUT2D eigenvalue weighted by Gasteiger charge is -2.34. The molecule has 3 N–H and O–H groups in total. The van der Waals surface area contributed by atoms with E-state index >= 15 is 0 Å². The number of nitrogens with zero attached hydrogens (tertiary/aromatic N) is 2. The summed E-state index contributed by atoms with van der Waals surface area (Å²) in [7, 11) is 0. The summed E-state index contributed by atoms with van der Waals surface area (Å²) in [6.45, 7) is 0.726. The number of amides is 1. The Balaban J connectivity index is 2.01. The lowest BCUT2D eigenvalue weighted by molar-refractivity contribution is -0.130. The van der Waals surface area contributed by atoms with Crippen LogP contribution in [0.2, 0.25) is 0 Å².